The number of ether oxygens (including phenoxy) is 1. The predicted octanol–water partition coefficient (Wildman–Crippen LogP) is 4.03. The van der Waals surface area contributed by atoms with Crippen molar-refractivity contribution in [3.05, 3.63) is 23.2 Å². The van der Waals surface area contributed by atoms with Crippen molar-refractivity contribution >= 4 is 17.3 Å². The summed E-state index contributed by atoms with van der Waals surface area (Å²) in [5.41, 5.74) is 1.02. The smallest absolute Gasteiger partial charge is 0.142 e. The van der Waals surface area contributed by atoms with Crippen molar-refractivity contribution in [2.75, 3.05) is 31.6 Å². The van der Waals surface area contributed by atoms with Crippen LogP contribution in [0.25, 0.3) is 0 Å². The van der Waals surface area contributed by atoms with E-state index in [-0.39, 0.29) is 0 Å². The molecule has 1 aliphatic heterocycles. The van der Waals surface area contributed by atoms with Crippen LogP contribution in [0.3, 0.4) is 0 Å². The van der Waals surface area contributed by atoms with Gasteiger partial charge in [-0.05, 0) is 57.5 Å². The minimum absolute atomic E-state index is 0.504. The van der Waals surface area contributed by atoms with E-state index in [9.17, 15) is 0 Å². The van der Waals surface area contributed by atoms with Gasteiger partial charge in [-0.15, -0.1) is 0 Å². The van der Waals surface area contributed by atoms with Gasteiger partial charge >= 0.3 is 0 Å². The molecule has 1 aliphatic rings. The highest BCUT2D eigenvalue weighted by Gasteiger charge is 2.17. The number of hydrogen-bond acceptors (Lipinski definition) is 3. The highest BCUT2D eigenvalue weighted by molar-refractivity contribution is 6.30. The van der Waals surface area contributed by atoms with Crippen LogP contribution in [-0.4, -0.2) is 37.2 Å². The maximum Gasteiger partial charge on any atom is 0.142 e. The lowest BCUT2D eigenvalue weighted by Gasteiger charge is -2.21. The molecule has 1 aromatic carbocycles. The lowest BCUT2D eigenvalue weighted by atomic mass is 10.1. The zero-order chi connectivity index (χ0) is 14.4. The molecule has 1 fully saturated rings. The number of halogens is 1. The van der Waals surface area contributed by atoms with Gasteiger partial charge in [0.05, 0.1) is 12.3 Å². The van der Waals surface area contributed by atoms with Crippen molar-refractivity contribution < 1.29 is 4.74 Å². The van der Waals surface area contributed by atoms with Crippen LogP contribution >= 0.6 is 11.6 Å². The topological polar surface area (TPSA) is 24.5 Å². The quantitative estimate of drug-likeness (QED) is 0.888. The number of nitrogens with one attached hydrogen (secondary N) is 1. The fraction of sp³-hybridized carbons (Fsp3) is 0.625. The monoisotopic (exact) mass is 296 g/mol. The second kappa shape index (κ2) is 7.75. The highest BCUT2D eigenvalue weighted by Crippen LogP contribution is 2.30. The molecule has 0 aromatic heterocycles. The molecule has 1 aromatic rings. The molecule has 0 saturated carbocycles. The number of hydrogen-bond donors (Lipinski definition) is 1. The summed E-state index contributed by atoms with van der Waals surface area (Å²) in [5.74, 6) is 0.897. The molecule has 20 heavy (non-hydrogen) atoms. The Morgan fingerprint density at radius 1 is 1.30 bits per heavy atom. The number of anilines is 1. The van der Waals surface area contributed by atoms with Gasteiger partial charge in [-0.1, -0.05) is 18.5 Å². The Morgan fingerprint density at radius 2 is 2.15 bits per heavy atom. The molecule has 4 heteroatoms. The Morgan fingerprint density at radius 3 is 2.90 bits per heavy atom. The average molecular weight is 297 g/mol. The normalized spacial score (nSPS) is 20.4. The van der Waals surface area contributed by atoms with E-state index in [4.69, 9.17) is 16.3 Å². The minimum Gasteiger partial charge on any atom is -0.492 e. The minimum atomic E-state index is 0.504. The first-order chi connectivity index (χ1) is 9.72. The molecule has 1 atom stereocenters. The predicted molar refractivity (Wildman–Crippen MR) is 86.0 cm³/mol. The van der Waals surface area contributed by atoms with E-state index in [1.54, 1.807) is 0 Å². The SMILES string of the molecule is CCOc1ccc(Cl)cc1NC1CCCN(CC)CC1. The maximum atomic E-state index is 6.11. The Bertz CT molecular complexity index is 425. The van der Waals surface area contributed by atoms with Crippen molar-refractivity contribution in [1.82, 2.24) is 4.90 Å². The lowest BCUT2D eigenvalue weighted by Crippen LogP contribution is -2.26. The van der Waals surface area contributed by atoms with Gasteiger partial charge in [0, 0.05) is 17.6 Å². The van der Waals surface area contributed by atoms with E-state index in [2.05, 4.69) is 17.1 Å². The third-order valence-corrected chi connectivity index (χ3v) is 4.10. The summed E-state index contributed by atoms with van der Waals surface area (Å²) in [6.07, 6.45) is 3.62. The Balaban J connectivity index is 2.03. The summed E-state index contributed by atoms with van der Waals surface area (Å²) in [6.45, 7) is 8.43. The van der Waals surface area contributed by atoms with Crippen LogP contribution in [0.1, 0.15) is 33.1 Å². The first-order valence-electron chi connectivity index (χ1n) is 7.64. The van der Waals surface area contributed by atoms with Crippen molar-refractivity contribution in [1.29, 1.82) is 0 Å². The van der Waals surface area contributed by atoms with Gasteiger partial charge in [-0.25, -0.2) is 0 Å². The van der Waals surface area contributed by atoms with Crippen LogP contribution < -0.4 is 10.1 Å². The molecule has 1 unspecified atom stereocenters. The van der Waals surface area contributed by atoms with Gasteiger partial charge in [0.2, 0.25) is 0 Å². The van der Waals surface area contributed by atoms with Gasteiger partial charge in [0.25, 0.3) is 0 Å². The van der Waals surface area contributed by atoms with E-state index in [1.165, 1.54) is 32.4 Å². The standard InChI is InChI=1S/C16H25ClN2O/c1-3-19-10-5-6-14(9-11-19)18-15-12-13(17)7-8-16(15)20-4-2/h7-8,12,14,18H,3-6,9-11H2,1-2H3. The number of benzene rings is 1. The number of likely N-dealkylation sites (tertiary alicyclic amines) is 1. The first-order valence-corrected chi connectivity index (χ1v) is 8.02. The molecule has 1 N–H and O–H groups in total. The van der Waals surface area contributed by atoms with Crippen LogP contribution in [0.5, 0.6) is 5.75 Å². The first kappa shape index (κ1) is 15.5. The summed E-state index contributed by atoms with van der Waals surface area (Å²) in [6, 6.07) is 6.30. The zero-order valence-corrected chi connectivity index (χ0v) is 13.2. The van der Waals surface area contributed by atoms with Crippen LogP contribution in [0.2, 0.25) is 5.02 Å². The third kappa shape index (κ3) is 4.29. The molecule has 3 nitrogen and oxygen atoms in total. The van der Waals surface area contributed by atoms with Crippen LogP contribution in [0.15, 0.2) is 18.2 Å². The summed E-state index contributed by atoms with van der Waals surface area (Å²) in [4.78, 5) is 2.52. The second-order valence-electron chi connectivity index (χ2n) is 5.28. The highest BCUT2D eigenvalue weighted by atomic mass is 35.5. The van der Waals surface area contributed by atoms with Gasteiger partial charge < -0.3 is 15.0 Å². The zero-order valence-electron chi connectivity index (χ0n) is 12.5. The molecular weight excluding hydrogens is 272 g/mol. The number of nitrogens with zero attached hydrogens (tertiary/aromatic N) is 1. The summed E-state index contributed by atoms with van der Waals surface area (Å²) in [7, 11) is 0. The van der Waals surface area contributed by atoms with Crippen molar-refractivity contribution in [2.24, 2.45) is 0 Å². The molecule has 1 saturated heterocycles. The summed E-state index contributed by atoms with van der Waals surface area (Å²) in [5, 5.41) is 4.37. The fourth-order valence-corrected chi connectivity index (χ4v) is 2.90. The number of rotatable bonds is 5. The molecule has 0 bridgehead atoms. The lowest BCUT2D eigenvalue weighted by molar-refractivity contribution is 0.300. The van der Waals surface area contributed by atoms with E-state index in [1.807, 2.05) is 25.1 Å². The molecule has 112 valence electrons. The fourth-order valence-electron chi connectivity index (χ4n) is 2.73. The molecule has 0 radical (unpaired) electrons. The van der Waals surface area contributed by atoms with Crippen LogP contribution in [0.4, 0.5) is 5.69 Å². The van der Waals surface area contributed by atoms with E-state index >= 15 is 0 Å². The molecule has 1 heterocycles. The largest absolute Gasteiger partial charge is 0.492 e. The van der Waals surface area contributed by atoms with E-state index in [0.717, 1.165) is 23.0 Å². The maximum absolute atomic E-state index is 6.11. The molecule has 0 aliphatic carbocycles. The molecule has 2 rings (SSSR count). The van der Waals surface area contributed by atoms with Crippen molar-refractivity contribution in [3.63, 3.8) is 0 Å². The van der Waals surface area contributed by atoms with Gasteiger partial charge in [-0.2, -0.15) is 0 Å². The van der Waals surface area contributed by atoms with Gasteiger partial charge in [0.1, 0.15) is 5.75 Å². The van der Waals surface area contributed by atoms with Crippen LogP contribution in [-0.2, 0) is 0 Å². The molecular formula is C16H25ClN2O. The van der Waals surface area contributed by atoms with E-state index in [0.29, 0.717) is 12.6 Å². The Hall–Kier alpha value is -0.930. The third-order valence-electron chi connectivity index (χ3n) is 3.87. The summed E-state index contributed by atoms with van der Waals surface area (Å²) < 4.78 is 5.68. The van der Waals surface area contributed by atoms with E-state index < -0.39 is 0 Å². The second-order valence-corrected chi connectivity index (χ2v) is 5.72. The van der Waals surface area contributed by atoms with Gasteiger partial charge in [-0.3, -0.25) is 0 Å². The van der Waals surface area contributed by atoms with Crippen molar-refractivity contribution in [2.45, 2.75) is 39.2 Å². The summed E-state index contributed by atoms with van der Waals surface area (Å²) >= 11 is 6.11. The van der Waals surface area contributed by atoms with Crippen molar-refractivity contribution in [3.8, 4) is 5.75 Å². The van der Waals surface area contributed by atoms with Gasteiger partial charge in [0.15, 0.2) is 0 Å². The Kier molecular flexibility index (Phi) is 5.99. The average Bonchev–Trinajstić information content (AvgIpc) is 2.67. The molecule has 0 spiro atoms. The Labute approximate surface area is 127 Å². The molecule has 0 amide bonds. The van der Waals surface area contributed by atoms with Crippen LogP contribution in [0, 0.1) is 0 Å².